The zero-order chi connectivity index (χ0) is 38.5. The van der Waals surface area contributed by atoms with Crippen LogP contribution in [0.1, 0.15) is 30.4 Å². The van der Waals surface area contributed by atoms with E-state index in [1.807, 2.05) is 0 Å². The number of anilines is 3. The number of hydrogen-bond donors (Lipinski definition) is 0. The highest BCUT2D eigenvalue weighted by molar-refractivity contribution is 6.07. The van der Waals surface area contributed by atoms with Crippen molar-refractivity contribution in [1.29, 1.82) is 0 Å². The summed E-state index contributed by atoms with van der Waals surface area (Å²) in [5, 5.41) is 2.28. The van der Waals surface area contributed by atoms with E-state index in [0.29, 0.717) is 5.41 Å². The molecule has 2 spiro atoms. The van der Waals surface area contributed by atoms with Gasteiger partial charge in [-0.3, -0.25) is 0 Å². The molecule has 2 heteroatoms. The number of furan rings is 1. The minimum Gasteiger partial charge on any atom is -0.456 e. The van der Waals surface area contributed by atoms with Crippen molar-refractivity contribution < 1.29 is 4.42 Å². The lowest BCUT2D eigenvalue weighted by Gasteiger charge is -2.92. The van der Waals surface area contributed by atoms with Gasteiger partial charge in [-0.25, -0.2) is 0 Å². The van der Waals surface area contributed by atoms with Gasteiger partial charge in [-0.15, -0.1) is 0 Å². The Morgan fingerprint density at radius 3 is 1.53 bits per heavy atom. The highest BCUT2D eigenvalue weighted by Gasteiger charge is 2.90. The molecule has 4 fully saturated rings. The van der Waals surface area contributed by atoms with Crippen LogP contribution in [0.3, 0.4) is 0 Å². The summed E-state index contributed by atoms with van der Waals surface area (Å²) in [7, 11) is 0. The van der Waals surface area contributed by atoms with Crippen molar-refractivity contribution in [2.24, 2.45) is 29.1 Å². The van der Waals surface area contributed by atoms with Crippen molar-refractivity contribution in [3.05, 3.63) is 199 Å². The Morgan fingerprint density at radius 2 is 0.881 bits per heavy atom. The number of rotatable bonds is 6. The largest absolute Gasteiger partial charge is 0.456 e. The molecule has 5 aliphatic rings. The Kier molecular flexibility index (Phi) is 6.31. The molecular formula is C57H41NO. The van der Waals surface area contributed by atoms with Crippen LogP contribution < -0.4 is 4.90 Å². The van der Waals surface area contributed by atoms with E-state index in [9.17, 15) is 0 Å². The molecule has 0 amide bonds. The maximum absolute atomic E-state index is 6.79. The van der Waals surface area contributed by atoms with Gasteiger partial charge in [-0.2, -0.15) is 0 Å². The predicted molar refractivity (Wildman–Crippen MR) is 241 cm³/mol. The highest BCUT2D eigenvalue weighted by Crippen LogP contribution is 2.94. The van der Waals surface area contributed by atoms with Gasteiger partial charge in [0.1, 0.15) is 11.2 Å². The lowest BCUT2D eigenvalue weighted by Crippen LogP contribution is -2.88. The number of nitrogens with zero attached hydrogens (tertiary/aromatic N) is 1. The quantitative estimate of drug-likeness (QED) is 0.168. The summed E-state index contributed by atoms with van der Waals surface area (Å²) in [4.78, 5) is 2.33. The Balaban J connectivity index is 0.840. The molecule has 0 aliphatic heterocycles. The van der Waals surface area contributed by atoms with E-state index in [1.54, 1.807) is 11.1 Å². The minimum absolute atomic E-state index is 0.250. The monoisotopic (exact) mass is 755 g/mol. The number of hydrogen-bond acceptors (Lipinski definition) is 2. The molecule has 8 aromatic carbocycles. The molecule has 14 rings (SSSR count). The molecule has 4 atom stereocenters. The van der Waals surface area contributed by atoms with Crippen molar-refractivity contribution >= 4 is 39.0 Å². The standard InChI is InChI=1S/C57H41NO/c1-3-9-35(10-4-1)37-15-21-43(22-16-37)58(44-23-17-38(18-24-44)36-11-5-2-6-12-36)45-25-27-48-47-26-19-40(30-52(47)59-53(48)34-45)39-20-28-51-49(29-39)46-13-7-8-14-50(46)57(51)54-32-41-31-42-33-55(57)56(41,42)54/h1-30,34,41-42,54-55H,31-33H2. The second-order valence-corrected chi connectivity index (χ2v) is 18.0. The predicted octanol–water partition coefficient (Wildman–Crippen LogP) is 15.0. The lowest BCUT2D eigenvalue weighted by atomic mass is 9.11. The summed E-state index contributed by atoms with van der Waals surface area (Å²) >= 11 is 0. The van der Waals surface area contributed by atoms with E-state index in [4.69, 9.17) is 4.42 Å². The van der Waals surface area contributed by atoms with Crippen LogP contribution in [0.2, 0.25) is 0 Å². The summed E-state index contributed by atoms with van der Waals surface area (Å²) in [6.07, 6.45) is 4.38. The van der Waals surface area contributed by atoms with Crippen LogP contribution in [-0.4, -0.2) is 0 Å². The third-order valence-electron chi connectivity index (χ3n) is 16.0. The van der Waals surface area contributed by atoms with Crippen LogP contribution in [0, 0.1) is 29.1 Å². The molecule has 1 heterocycles. The maximum Gasteiger partial charge on any atom is 0.137 e. The molecule has 4 saturated carbocycles. The first-order valence-corrected chi connectivity index (χ1v) is 21.5. The van der Waals surface area contributed by atoms with Gasteiger partial charge in [0.05, 0.1) is 0 Å². The van der Waals surface area contributed by atoms with Crippen molar-refractivity contribution in [1.82, 2.24) is 0 Å². The Hall–Kier alpha value is -6.64. The van der Waals surface area contributed by atoms with Crippen LogP contribution in [0.5, 0.6) is 0 Å². The molecule has 2 nitrogen and oxygen atoms in total. The van der Waals surface area contributed by atoms with Gasteiger partial charge in [-0.05, 0) is 159 Å². The van der Waals surface area contributed by atoms with Crippen LogP contribution in [-0.2, 0) is 5.41 Å². The first-order valence-electron chi connectivity index (χ1n) is 21.5. The summed E-state index contributed by atoms with van der Waals surface area (Å²) < 4.78 is 6.79. The van der Waals surface area contributed by atoms with E-state index in [-0.39, 0.29) is 5.41 Å². The number of benzene rings is 8. The zero-order valence-electron chi connectivity index (χ0n) is 32.7. The molecular weight excluding hydrogens is 715 g/mol. The Labute approximate surface area is 344 Å². The second-order valence-electron chi connectivity index (χ2n) is 18.0. The van der Waals surface area contributed by atoms with Gasteiger partial charge >= 0.3 is 0 Å². The van der Waals surface area contributed by atoms with Gasteiger partial charge in [0.15, 0.2) is 0 Å². The third kappa shape index (κ3) is 4.07. The fraction of sp³-hybridized carbons (Fsp3) is 0.158. The van der Waals surface area contributed by atoms with E-state index in [1.165, 1.54) is 63.8 Å². The highest BCUT2D eigenvalue weighted by atomic mass is 16.3. The molecule has 59 heavy (non-hydrogen) atoms. The van der Waals surface area contributed by atoms with Gasteiger partial charge in [0, 0.05) is 39.3 Å². The molecule has 0 saturated heterocycles. The summed E-state index contributed by atoms with van der Waals surface area (Å²) in [5.41, 5.74) is 19.4. The third-order valence-corrected chi connectivity index (χ3v) is 16.0. The Bertz CT molecular complexity index is 3050. The van der Waals surface area contributed by atoms with Gasteiger partial charge < -0.3 is 9.32 Å². The molecule has 5 aliphatic carbocycles. The van der Waals surface area contributed by atoms with Gasteiger partial charge in [0.2, 0.25) is 0 Å². The van der Waals surface area contributed by atoms with Crippen molar-refractivity contribution in [2.45, 2.75) is 24.7 Å². The van der Waals surface area contributed by atoms with Crippen LogP contribution in [0.4, 0.5) is 17.1 Å². The topological polar surface area (TPSA) is 16.4 Å². The summed E-state index contributed by atoms with van der Waals surface area (Å²) in [6, 6.07) is 69.2. The molecule has 0 radical (unpaired) electrons. The molecule has 0 N–H and O–H groups in total. The first-order chi connectivity index (χ1) is 29.2. The van der Waals surface area contributed by atoms with Crippen molar-refractivity contribution in [3.8, 4) is 44.5 Å². The van der Waals surface area contributed by atoms with Crippen molar-refractivity contribution in [3.63, 3.8) is 0 Å². The normalized spacial score (nSPS) is 24.9. The van der Waals surface area contributed by atoms with Gasteiger partial charge in [0.25, 0.3) is 0 Å². The summed E-state index contributed by atoms with van der Waals surface area (Å²) in [5.74, 6) is 3.73. The van der Waals surface area contributed by atoms with E-state index < -0.39 is 0 Å². The number of fused-ring (bicyclic) bond motifs is 10. The van der Waals surface area contributed by atoms with Crippen molar-refractivity contribution in [2.75, 3.05) is 4.90 Å². The SMILES string of the molecule is c1ccc(-c2ccc(N(c3ccc(-c4ccccc4)cc3)c3ccc4c(c3)oc3cc(-c5ccc6c(c5)-c5ccccc5C65C6CC7CC8CC5C786)ccc34)cc2)cc1. The van der Waals surface area contributed by atoms with Crippen LogP contribution in [0.15, 0.2) is 192 Å². The zero-order valence-corrected chi connectivity index (χ0v) is 32.7. The Morgan fingerprint density at radius 1 is 0.390 bits per heavy atom. The average molecular weight is 756 g/mol. The first kappa shape index (κ1) is 32.3. The van der Waals surface area contributed by atoms with Crippen LogP contribution in [0.25, 0.3) is 66.4 Å². The lowest BCUT2D eigenvalue weighted by molar-refractivity contribution is -0.412. The second kappa shape index (κ2) is 11.5. The minimum atomic E-state index is 0.250. The molecule has 9 aromatic rings. The van der Waals surface area contributed by atoms with E-state index in [2.05, 4.69) is 193 Å². The smallest absolute Gasteiger partial charge is 0.137 e. The maximum atomic E-state index is 6.79. The average Bonchev–Trinajstić information content (AvgIpc) is 3.79. The van der Waals surface area contributed by atoms with Crippen LogP contribution >= 0.6 is 0 Å². The fourth-order valence-electron chi connectivity index (χ4n) is 13.6. The molecule has 4 unspecified atom stereocenters. The fourth-order valence-corrected chi connectivity index (χ4v) is 13.6. The van der Waals surface area contributed by atoms with E-state index in [0.717, 1.165) is 62.7 Å². The summed E-state index contributed by atoms with van der Waals surface area (Å²) in [6.45, 7) is 0. The van der Waals surface area contributed by atoms with E-state index >= 15 is 0 Å². The molecule has 0 bridgehead atoms. The van der Waals surface area contributed by atoms with Gasteiger partial charge in [-0.1, -0.05) is 127 Å². The molecule has 280 valence electrons. The molecule has 1 aromatic heterocycles.